The molecule has 0 fully saturated rings. The van der Waals surface area contributed by atoms with E-state index in [2.05, 4.69) is 156 Å². The highest BCUT2D eigenvalue weighted by Gasteiger charge is 2.24. The maximum absolute atomic E-state index is 4.17. The highest BCUT2D eigenvalue weighted by atomic mass is 15.2. The zero-order valence-corrected chi connectivity index (χ0v) is 22.3. The fraction of sp³-hybridized carbons (Fsp3) is 0. The average molecular weight is 515 g/mol. The molecule has 6 aromatic carbocycles. The minimum atomic E-state index is 0.951. The molecule has 0 amide bonds. The lowest BCUT2D eigenvalue weighted by Crippen LogP contribution is -2.17. The van der Waals surface area contributed by atoms with Gasteiger partial charge in [0, 0.05) is 44.3 Å². The van der Waals surface area contributed by atoms with Gasteiger partial charge in [0.2, 0.25) is 0 Å². The smallest absolute Gasteiger partial charge is 0.0619 e. The van der Waals surface area contributed by atoms with Crippen LogP contribution in [0.5, 0.6) is 0 Å². The summed E-state index contributed by atoms with van der Waals surface area (Å²) in [4.78, 5) is 4.66. The molecule has 0 aliphatic heterocycles. The zero-order chi connectivity index (χ0) is 27.3. The normalized spacial score (nSPS) is 11.3. The van der Waals surface area contributed by atoms with E-state index in [1.54, 1.807) is 0 Å². The highest BCUT2D eigenvalue weighted by molar-refractivity contribution is 6.22. The number of hydrogen-bond donors (Lipinski definition) is 0. The average Bonchev–Trinajstić information content (AvgIpc) is 3.03. The highest BCUT2D eigenvalue weighted by Crippen LogP contribution is 2.49. The van der Waals surface area contributed by atoms with Gasteiger partial charge in [-0.25, -0.2) is 0 Å². The molecule has 2 nitrogen and oxygen atoms in total. The van der Waals surface area contributed by atoms with E-state index in [1.807, 2.05) is 24.3 Å². The van der Waals surface area contributed by atoms with E-state index in [1.165, 1.54) is 0 Å². The van der Waals surface area contributed by atoms with Gasteiger partial charge >= 0.3 is 0 Å². The Morgan fingerprint density at radius 2 is 0.825 bits per heavy atom. The lowest BCUT2D eigenvalue weighted by Gasteiger charge is -2.33. The molecule has 192 valence electrons. The van der Waals surface area contributed by atoms with Crippen molar-refractivity contribution in [3.8, 4) is 0 Å². The largest absolute Gasteiger partial charge is 0.309 e. The van der Waals surface area contributed by atoms with E-state index < -0.39 is 0 Å². The molecule has 0 saturated heterocycles. The summed E-state index contributed by atoms with van der Waals surface area (Å²) in [5, 5.41) is 4.61. The number of hydrogen-bond acceptors (Lipinski definition) is 2. The van der Waals surface area contributed by atoms with Gasteiger partial charge in [-0.05, 0) is 48.6 Å². The number of rotatable bonds is 8. The van der Waals surface area contributed by atoms with E-state index in [4.69, 9.17) is 0 Å². The Kier molecular flexibility index (Phi) is 6.98. The van der Waals surface area contributed by atoms with Crippen molar-refractivity contribution in [2.75, 3.05) is 9.80 Å². The third kappa shape index (κ3) is 4.46. The van der Waals surface area contributed by atoms with Crippen LogP contribution in [0.1, 0.15) is 0 Å². The van der Waals surface area contributed by atoms with Gasteiger partial charge in [-0.15, -0.1) is 0 Å². The fourth-order valence-corrected chi connectivity index (χ4v) is 5.46. The summed E-state index contributed by atoms with van der Waals surface area (Å²) in [6.45, 7) is 8.16. The zero-order valence-electron chi connectivity index (χ0n) is 22.3. The van der Waals surface area contributed by atoms with E-state index in [9.17, 15) is 0 Å². The van der Waals surface area contributed by atoms with Crippen LogP contribution in [0.15, 0.2) is 177 Å². The number of anilines is 5. The van der Waals surface area contributed by atoms with Crippen LogP contribution >= 0.6 is 0 Å². The van der Waals surface area contributed by atoms with Crippen molar-refractivity contribution in [1.29, 1.82) is 0 Å². The Bertz CT molecular complexity index is 1720. The Labute approximate surface area is 236 Å². The van der Waals surface area contributed by atoms with Crippen LogP contribution in [0.3, 0.4) is 0 Å². The molecule has 2 heteroatoms. The van der Waals surface area contributed by atoms with Gasteiger partial charge in [0.25, 0.3) is 0 Å². The lowest BCUT2D eigenvalue weighted by molar-refractivity contribution is 1.23. The molecule has 0 aromatic heterocycles. The summed E-state index contributed by atoms with van der Waals surface area (Å²) in [6.07, 6.45) is 5.72. The number of para-hydroxylation sites is 3. The van der Waals surface area contributed by atoms with E-state index in [0.29, 0.717) is 0 Å². The number of allylic oxidation sites excluding steroid dienone is 3. The van der Waals surface area contributed by atoms with E-state index in [0.717, 1.165) is 55.7 Å². The molecule has 0 heterocycles. The van der Waals surface area contributed by atoms with Gasteiger partial charge in [-0.1, -0.05) is 122 Å². The topological polar surface area (TPSA) is 6.48 Å². The molecule has 0 spiro atoms. The van der Waals surface area contributed by atoms with Gasteiger partial charge in [-0.2, -0.15) is 0 Å². The van der Waals surface area contributed by atoms with Crippen molar-refractivity contribution in [3.05, 3.63) is 177 Å². The lowest BCUT2D eigenvalue weighted by atomic mass is 9.95. The molecule has 40 heavy (non-hydrogen) atoms. The van der Waals surface area contributed by atoms with Crippen LogP contribution < -0.4 is 9.80 Å². The molecule has 0 radical (unpaired) electrons. The summed E-state index contributed by atoms with van der Waals surface area (Å²) in [5.41, 5.74) is 6.47. The van der Waals surface area contributed by atoms with Gasteiger partial charge in [-0.3, -0.25) is 0 Å². The molecule has 0 bridgehead atoms. The molecular formula is C38H30N2. The summed E-state index contributed by atoms with van der Waals surface area (Å²) in [6, 6.07) is 49.0. The maximum Gasteiger partial charge on any atom is 0.0619 e. The first kappa shape index (κ1) is 25.0. The van der Waals surface area contributed by atoms with E-state index in [-0.39, 0.29) is 0 Å². The van der Waals surface area contributed by atoms with Crippen LogP contribution in [-0.4, -0.2) is 0 Å². The number of fused-ring (bicyclic) bond motifs is 2. The summed E-state index contributed by atoms with van der Waals surface area (Å²) < 4.78 is 0. The van der Waals surface area contributed by atoms with Gasteiger partial charge in [0.1, 0.15) is 0 Å². The molecule has 6 rings (SSSR count). The molecule has 0 N–H and O–H groups in total. The van der Waals surface area contributed by atoms with Crippen molar-refractivity contribution in [3.63, 3.8) is 0 Å². The van der Waals surface area contributed by atoms with Crippen LogP contribution in [0.25, 0.3) is 21.5 Å². The van der Waals surface area contributed by atoms with Crippen LogP contribution in [0, 0.1) is 0 Å². The standard InChI is InChI=1S/C38H30N2/c1-3-18-29(4-2)39(30-19-8-5-9-20-30)37-33-25-14-16-27-35(33)38(36-28-17-15-26-34(36)37)40(31-21-10-6-11-22-31)32-23-12-7-13-24-32/h3-28H,1-2H2/b29-18+. The Balaban J connectivity index is 1.77. The van der Waals surface area contributed by atoms with Gasteiger partial charge in [0.15, 0.2) is 0 Å². The third-order valence-electron chi connectivity index (χ3n) is 7.12. The minimum Gasteiger partial charge on any atom is -0.309 e. The van der Waals surface area contributed by atoms with Crippen LogP contribution in [0.2, 0.25) is 0 Å². The summed E-state index contributed by atoms with van der Waals surface area (Å²) >= 11 is 0. The summed E-state index contributed by atoms with van der Waals surface area (Å²) in [5.74, 6) is 0. The molecule has 6 aromatic rings. The quantitative estimate of drug-likeness (QED) is 0.113. The van der Waals surface area contributed by atoms with Gasteiger partial charge in [0.05, 0.1) is 11.4 Å². The predicted molar refractivity (Wildman–Crippen MR) is 173 cm³/mol. The van der Waals surface area contributed by atoms with Crippen molar-refractivity contribution in [1.82, 2.24) is 0 Å². The van der Waals surface area contributed by atoms with Crippen LogP contribution in [-0.2, 0) is 0 Å². The molecule has 0 aliphatic rings. The molecule has 0 aliphatic carbocycles. The molecule has 0 unspecified atom stereocenters. The van der Waals surface area contributed by atoms with Crippen molar-refractivity contribution in [2.24, 2.45) is 0 Å². The molecule has 0 atom stereocenters. The first-order valence-corrected chi connectivity index (χ1v) is 13.5. The SMILES string of the molecule is C=C/C=C(\C=C)N(c1ccccc1)c1c2ccccc2c(N(c2ccccc2)c2ccccc2)c2ccccc12. The second-order valence-corrected chi connectivity index (χ2v) is 9.50. The Hall–Kier alpha value is -5.34. The van der Waals surface area contributed by atoms with Crippen molar-refractivity contribution < 1.29 is 0 Å². The first-order chi connectivity index (χ1) is 19.8. The second kappa shape index (κ2) is 11.2. The van der Waals surface area contributed by atoms with E-state index >= 15 is 0 Å². The third-order valence-corrected chi connectivity index (χ3v) is 7.12. The van der Waals surface area contributed by atoms with Crippen LogP contribution in [0.4, 0.5) is 28.4 Å². The maximum atomic E-state index is 4.17. The molecular weight excluding hydrogens is 484 g/mol. The minimum absolute atomic E-state index is 0.951. The number of benzene rings is 6. The van der Waals surface area contributed by atoms with Crippen molar-refractivity contribution in [2.45, 2.75) is 0 Å². The predicted octanol–water partition coefficient (Wildman–Crippen LogP) is 10.9. The first-order valence-electron chi connectivity index (χ1n) is 13.5. The Morgan fingerprint density at radius 3 is 1.23 bits per heavy atom. The second-order valence-electron chi connectivity index (χ2n) is 9.50. The number of nitrogens with zero attached hydrogens (tertiary/aromatic N) is 2. The van der Waals surface area contributed by atoms with Gasteiger partial charge < -0.3 is 9.80 Å². The summed E-state index contributed by atoms with van der Waals surface area (Å²) in [7, 11) is 0. The Morgan fingerprint density at radius 1 is 0.450 bits per heavy atom. The monoisotopic (exact) mass is 514 g/mol. The molecule has 0 saturated carbocycles. The van der Waals surface area contributed by atoms with Crippen molar-refractivity contribution >= 4 is 50.0 Å². The fourth-order valence-electron chi connectivity index (χ4n) is 5.46.